The van der Waals surface area contributed by atoms with Gasteiger partial charge in [0.05, 0.1) is 33.8 Å². The largest absolute Gasteiger partial charge is 0.472 e. The Morgan fingerprint density at radius 3 is 1.12 bits per heavy atom. The third-order valence-corrected chi connectivity index (χ3v) is 16.7. The first-order valence-electron chi connectivity index (χ1n) is 35.1. The molecular formula is C72H136N2O7P+. The van der Waals surface area contributed by atoms with E-state index in [0.29, 0.717) is 23.9 Å². The zero-order valence-corrected chi connectivity index (χ0v) is 55.9. The van der Waals surface area contributed by atoms with Gasteiger partial charge in [0.15, 0.2) is 0 Å². The molecule has 82 heavy (non-hydrogen) atoms. The summed E-state index contributed by atoms with van der Waals surface area (Å²) >= 11 is 0. The number of phosphoric ester groups is 1. The van der Waals surface area contributed by atoms with Gasteiger partial charge in [-0.15, -0.1) is 0 Å². The van der Waals surface area contributed by atoms with Crippen LogP contribution in [0.25, 0.3) is 0 Å². The second-order valence-corrected chi connectivity index (χ2v) is 26.5. The smallest absolute Gasteiger partial charge is 0.456 e. The number of esters is 1. The van der Waals surface area contributed by atoms with Crippen LogP contribution in [0, 0.1) is 0 Å². The molecule has 0 fully saturated rings. The Labute approximate surface area is 509 Å². The van der Waals surface area contributed by atoms with E-state index in [4.69, 9.17) is 13.8 Å². The minimum Gasteiger partial charge on any atom is -0.456 e. The predicted octanol–water partition coefficient (Wildman–Crippen LogP) is 22.2. The van der Waals surface area contributed by atoms with E-state index < -0.39 is 20.0 Å². The number of amides is 1. The van der Waals surface area contributed by atoms with Crippen LogP contribution < -0.4 is 5.32 Å². The van der Waals surface area contributed by atoms with Crippen LogP contribution in [-0.2, 0) is 27.9 Å². The monoisotopic (exact) mass is 1170 g/mol. The van der Waals surface area contributed by atoms with Crippen molar-refractivity contribution in [1.82, 2.24) is 5.32 Å². The number of ether oxygens (including phenoxy) is 1. The number of quaternary nitrogens is 1. The number of phosphoric acid groups is 1. The van der Waals surface area contributed by atoms with E-state index in [1.54, 1.807) is 0 Å². The van der Waals surface area contributed by atoms with Gasteiger partial charge in [0, 0.05) is 12.8 Å². The van der Waals surface area contributed by atoms with Crippen molar-refractivity contribution in [3.63, 3.8) is 0 Å². The molecule has 0 aromatic heterocycles. The number of unbranched alkanes of at least 4 members (excludes halogenated alkanes) is 40. The van der Waals surface area contributed by atoms with Crippen LogP contribution >= 0.6 is 7.82 Å². The molecule has 0 aliphatic rings. The summed E-state index contributed by atoms with van der Waals surface area (Å²) in [5.41, 5.74) is 0. The number of nitrogens with one attached hydrogen (secondary N) is 1. The normalized spacial score (nSPS) is 13.9. The highest BCUT2D eigenvalue weighted by molar-refractivity contribution is 7.47. The summed E-state index contributed by atoms with van der Waals surface area (Å²) in [6.45, 7) is 6.99. The average Bonchev–Trinajstić information content (AvgIpc) is 3.44. The van der Waals surface area contributed by atoms with E-state index in [2.05, 4.69) is 74.7 Å². The summed E-state index contributed by atoms with van der Waals surface area (Å²) in [4.78, 5) is 37.8. The standard InChI is InChI=1S/C72H135N2O7P/c1-7-10-13-16-19-22-25-28-30-32-33-34-35-36-37-38-39-40-41-43-45-47-50-53-56-59-62-65-72(76)81-70(63-60-57-54-51-48-27-24-21-18-15-12-9-3)69(68-80-82(77,78)79-67-66-74(4,5)6)73-71(75)64-61-58-55-52-49-46-44-42-31-29-26-23-20-17-14-11-8-2/h19-20,22-23,28-31,60,63,69-70H,7-18,21,24-27,32-59,61-62,64-68H2,1-6H3,(H-,73,75,77,78)/p+1/b22-19-,23-20-,30-28-,31-29-,63-60-. The highest BCUT2D eigenvalue weighted by atomic mass is 31.2. The lowest BCUT2D eigenvalue weighted by Crippen LogP contribution is -2.47. The lowest BCUT2D eigenvalue weighted by molar-refractivity contribution is -0.870. The maximum atomic E-state index is 13.6. The Kier molecular flexibility index (Phi) is 60.1. The molecule has 0 aromatic rings. The fraction of sp³-hybridized carbons (Fsp3) is 0.833. The second kappa shape index (κ2) is 61.8. The molecule has 0 radical (unpaired) electrons. The van der Waals surface area contributed by atoms with E-state index in [-0.39, 0.29) is 25.1 Å². The van der Waals surface area contributed by atoms with Gasteiger partial charge in [-0.25, -0.2) is 4.57 Å². The average molecular weight is 1170 g/mol. The topological polar surface area (TPSA) is 111 Å². The second-order valence-electron chi connectivity index (χ2n) is 25.0. The number of likely N-dealkylation sites (N-methyl/N-ethyl adjacent to an activating group) is 1. The van der Waals surface area contributed by atoms with Crippen molar-refractivity contribution < 1.29 is 37.3 Å². The molecule has 480 valence electrons. The summed E-state index contributed by atoms with van der Waals surface area (Å²) in [5.74, 6) is -0.502. The number of hydrogen-bond donors (Lipinski definition) is 2. The highest BCUT2D eigenvalue weighted by Crippen LogP contribution is 2.43. The summed E-state index contributed by atoms with van der Waals surface area (Å²) in [7, 11) is 1.50. The van der Waals surface area contributed by atoms with Gasteiger partial charge in [-0.3, -0.25) is 18.6 Å². The SMILES string of the molecule is CCCCC/C=C\C/C=C\CCCCCCCCCCCCCCCCCCCC(=O)OC(/C=C\CCCCCCCCCCCC)C(COP(=O)(O)OCC[N+](C)(C)C)NC(=O)CCCCCCCCC/C=C\C/C=C\CCCCC. The van der Waals surface area contributed by atoms with Gasteiger partial charge in [0.25, 0.3) is 0 Å². The zero-order chi connectivity index (χ0) is 60.0. The van der Waals surface area contributed by atoms with Crippen molar-refractivity contribution in [1.29, 1.82) is 0 Å². The van der Waals surface area contributed by atoms with Gasteiger partial charge in [0.1, 0.15) is 19.3 Å². The lowest BCUT2D eigenvalue weighted by Gasteiger charge is -2.27. The molecule has 10 heteroatoms. The molecule has 2 N–H and O–H groups in total. The fourth-order valence-corrected chi connectivity index (χ4v) is 11.0. The number of carbonyl (C=O) groups is 2. The Bertz CT molecular complexity index is 1590. The molecule has 0 saturated heterocycles. The van der Waals surface area contributed by atoms with Crippen molar-refractivity contribution in [3.8, 4) is 0 Å². The molecule has 1 amide bonds. The molecule has 3 unspecified atom stereocenters. The Hall–Kier alpha value is -2.29. The van der Waals surface area contributed by atoms with Crippen LogP contribution in [-0.4, -0.2) is 74.3 Å². The molecule has 0 aliphatic carbocycles. The first-order valence-corrected chi connectivity index (χ1v) is 36.6. The van der Waals surface area contributed by atoms with E-state index in [9.17, 15) is 19.0 Å². The predicted molar refractivity (Wildman–Crippen MR) is 355 cm³/mol. The van der Waals surface area contributed by atoms with E-state index >= 15 is 0 Å². The van der Waals surface area contributed by atoms with Crippen LogP contribution in [0.1, 0.15) is 335 Å². The van der Waals surface area contributed by atoms with Crippen LogP contribution in [0.3, 0.4) is 0 Å². The van der Waals surface area contributed by atoms with Crippen molar-refractivity contribution >= 4 is 19.7 Å². The Morgan fingerprint density at radius 1 is 0.427 bits per heavy atom. The third kappa shape index (κ3) is 62.2. The molecule has 0 aromatic carbocycles. The number of allylic oxidation sites excluding steroid dienone is 9. The van der Waals surface area contributed by atoms with Crippen LogP contribution in [0.2, 0.25) is 0 Å². The maximum absolute atomic E-state index is 13.6. The Morgan fingerprint density at radius 2 is 0.744 bits per heavy atom. The molecule has 9 nitrogen and oxygen atoms in total. The summed E-state index contributed by atoms with van der Waals surface area (Å²) in [6, 6.07) is -0.852. The highest BCUT2D eigenvalue weighted by Gasteiger charge is 2.30. The van der Waals surface area contributed by atoms with Crippen molar-refractivity contribution in [2.45, 2.75) is 348 Å². The first kappa shape index (κ1) is 79.7. The molecular weight excluding hydrogens is 1040 g/mol. The summed E-state index contributed by atoms with van der Waals surface area (Å²) < 4.78 is 30.8. The molecule has 0 heterocycles. The fourth-order valence-electron chi connectivity index (χ4n) is 10.2. The van der Waals surface area contributed by atoms with Crippen LogP contribution in [0.5, 0.6) is 0 Å². The van der Waals surface area contributed by atoms with Crippen molar-refractivity contribution in [2.75, 3.05) is 40.9 Å². The van der Waals surface area contributed by atoms with E-state index in [1.165, 1.54) is 218 Å². The lowest BCUT2D eigenvalue weighted by atomic mass is 10.0. The zero-order valence-electron chi connectivity index (χ0n) is 55.0. The van der Waals surface area contributed by atoms with Gasteiger partial charge < -0.3 is 19.4 Å². The van der Waals surface area contributed by atoms with E-state index in [0.717, 1.165) is 83.5 Å². The van der Waals surface area contributed by atoms with E-state index in [1.807, 2.05) is 33.3 Å². The summed E-state index contributed by atoms with van der Waals surface area (Å²) in [5, 5.41) is 3.06. The van der Waals surface area contributed by atoms with Gasteiger partial charge in [-0.1, -0.05) is 287 Å². The van der Waals surface area contributed by atoms with Crippen molar-refractivity contribution in [3.05, 3.63) is 60.8 Å². The molecule has 0 bridgehead atoms. The summed E-state index contributed by atoms with van der Waals surface area (Å²) in [6.07, 6.45) is 79.5. The number of rotatable bonds is 64. The molecule has 0 aliphatic heterocycles. The number of carbonyl (C=O) groups excluding carboxylic acids is 2. The Balaban J connectivity index is 5.01. The van der Waals surface area contributed by atoms with Crippen LogP contribution in [0.15, 0.2) is 60.8 Å². The maximum Gasteiger partial charge on any atom is 0.472 e. The van der Waals surface area contributed by atoms with Gasteiger partial charge in [-0.05, 0) is 96.0 Å². The first-order chi connectivity index (χ1) is 39.9. The minimum atomic E-state index is -4.45. The molecule has 0 spiro atoms. The van der Waals surface area contributed by atoms with Crippen LogP contribution in [0.4, 0.5) is 0 Å². The molecule has 3 atom stereocenters. The number of nitrogens with zero attached hydrogens (tertiary/aromatic N) is 1. The van der Waals surface area contributed by atoms with Crippen molar-refractivity contribution in [2.24, 2.45) is 0 Å². The quantitative estimate of drug-likeness (QED) is 0.0205. The van der Waals surface area contributed by atoms with Gasteiger partial charge in [-0.2, -0.15) is 0 Å². The molecule has 0 saturated carbocycles. The minimum absolute atomic E-state index is 0.0389. The van der Waals surface area contributed by atoms with Gasteiger partial charge >= 0.3 is 13.8 Å². The third-order valence-electron chi connectivity index (χ3n) is 15.7. The van der Waals surface area contributed by atoms with Gasteiger partial charge in [0.2, 0.25) is 5.91 Å². The number of hydrogen-bond acceptors (Lipinski definition) is 6. The molecule has 0 rings (SSSR count).